The van der Waals surface area contributed by atoms with Gasteiger partial charge in [-0.05, 0) is 83.3 Å². The maximum absolute atomic E-state index is 13.6. The average Bonchev–Trinajstić information content (AvgIpc) is 2.92. The molecule has 2 atom stereocenters. The van der Waals surface area contributed by atoms with Crippen molar-refractivity contribution in [3.8, 4) is 22.4 Å². The van der Waals surface area contributed by atoms with Crippen molar-refractivity contribution >= 4 is 15.4 Å². The van der Waals surface area contributed by atoms with Crippen LogP contribution in [-0.2, 0) is 9.84 Å². The highest BCUT2D eigenvalue weighted by Crippen LogP contribution is 2.40. The van der Waals surface area contributed by atoms with E-state index in [-0.39, 0.29) is 17.4 Å². The first-order valence-corrected chi connectivity index (χ1v) is 14.4. The highest BCUT2D eigenvalue weighted by molar-refractivity contribution is 7.92. The lowest BCUT2D eigenvalue weighted by Gasteiger charge is -2.35. The molecule has 1 aromatic heterocycles. The van der Waals surface area contributed by atoms with Crippen molar-refractivity contribution in [3.63, 3.8) is 0 Å². The van der Waals surface area contributed by atoms with E-state index in [2.05, 4.69) is 10.3 Å². The summed E-state index contributed by atoms with van der Waals surface area (Å²) in [7, 11) is -3.40. The van der Waals surface area contributed by atoms with E-state index in [1.54, 1.807) is 25.1 Å². The number of benzene rings is 2. The number of hydrogen-bond acceptors (Lipinski definition) is 4. The number of dihydropyridines is 1. The summed E-state index contributed by atoms with van der Waals surface area (Å²) in [6.07, 6.45) is 11.5. The number of nitrogens with one attached hydrogen (secondary N) is 2. The molecule has 38 heavy (non-hydrogen) atoms. The van der Waals surface area contributed by atoms with E-state index in [9.17, 15) is 17.6 Å². The molecule has 1 aliphatic carbocycles. The zero-order valence-electron chi connectivity index (χ0n) is 21.5. The molecular formula is C31H29FN2O3S. The van der Waals surface area contributed by atoms with Crippen molar-refractivity contribution in [2.45, 2.75) is 31.1 Å². The van der Waals surface area contributed by atoms with Crippen LogP contribution in [0.25, 0.3) is 28.0 Å². The topological polar surface area (TPSA) is 79.0 Å². The van der Waals surface area contributed by atoms with Crippen LogP contribution in [0.2, 0.25) is 0 Å². The third kappa shape index (κ3) is 4.58. The van der Waals surface area contributed by atoms with Gasteiger partial charge in [0.25, 0.3) is 0 Å². The summed E-state index contributed by atoms with van der Waals surface area (Å²) < 4.78 is 38.3. The van der Waals surface area contributed by atoms with E-state index < -0.39 is 14.6 Å². The standard InChI is InChI=1S/C31H29FN2O3S/c1-4-31(2,38(3,36)37)24-18-23-9-6-16-33-29(23)27(19-24)21-7-5-8-22(17-21)30-26(14-15-28(35)34-30)20-10-12-25(32)13-11-20/h5-19,29,33H,4H2,1-3H3,(H,34,35). The predicted octanol–water partition coefficient (Wildman–Crippen LogP) is 5.80. The fourth-order valence-electron chi connectivity index (χ4n) is 5.04. The molecule has 7 heteroatoms. The number of hydrogen-bond donors (Lipinski definition) is 2. The molecule has 2 N–H and O–H groups in total. The van der Waals surface area contributed by atoms with Gasteiger partial charge >= 0.3 is 0 Å². The minimum Gasteiger partial charge on any atom is -0.380 e. The summed E-state index contributed by atoms with van der Waals surface area (Å²) in [5.41, 5.74) is 6.27. The van der Waals surface area contributed by atoms with Gasteiger partial charge in [0.15, 0.2) is 9.84 Å². The van der Waals surface area contributed by atoms with Crippen LogP contribution in [0.4, 0.5) is 4.39 Å². The van der Waals surface area contributed by atoms with Crippen molar-refractivity contribution in [2.75, 3.05) is 6.26 Å². The van der Waals surface area contributed by atoms with E-state index >= 15 is 0 Å². The number of aromatic amines is 1. The second-order valence-electron chi connectivity index (χ2n) is 9.88. The van der Waals surface area contributed by atoms with Crippen LogP contribution in [0.15, 0.2) is 107 Å². The molecule has 5 rings (SSSR count). The molecule has 5 nitrogen and oxygen atoms in total. The summed E-state index contributed by atoms with van der Waals surface area (Å²) in [6, 6.07) is 17.0. The first-order chi connectivity index (χ1) is 18.1. The van der Waals surface area contributed by atoms with Gasteiger partial charge in [-0.2, -0.15) is 0 Å². The van der Waals surface area contributed by atoms with Crippen molar-refractivity contribution < 1.29 is 12.8 Å². The minimum atomic E-state index is -3.40. The van der Waals surface area contributed by atoms with E-state index in [4.69, 9.17) is 0 Å². The zero-order valence-corrected chi connectivity index (χ0v) is 22.3. The van der Waals surface area contributed by atoms with Gasteiger partial charge < -0.3 is 10.3 Å². The van der Waals surface area contributed by atoms with Crippen molar-refractivity contribution in [2.24, 2.45) is 0 Å². The Hall–Kier alpha value is -3.97. The first-order valence-electron chi connectivity index (χ1n) is 12.5. The third-order valence-electron chi connectivity index (χ3n) is 7.59. The summed E-state index contributed by atoms with van der Waals surface area (Å²) in [5, 5.41) is 3.40. The molecule has 0 saturated carbocycles. The number of sulfone groups is 1. The number of H-pyrrole nitrogens is 1. The Morgan fingerprint density at radius 1 is 0.974 bits per heavy atom. The van der Waals surface area contributed by atoms with Crippen LogP contribution in [0, 0.1) is 5.82 Å². The molecule has 3 aromatic rings. The molecule has 2 aromatic carbocycles. The summed E-state index contributed by atoms with van der Waals surface area (Å²) in [4.78, 5) is 15.3. The second kappa shape index (κ2) is 9.72. The number of fused-ring (bicyclic) bond motifs is 1. The molecular weight excluding hydrogens is 499 g/mol. The number of allylic oxidation sites excluding steroid dienone is 3. The second-order valence-corrected chi connectivity index (χ2v) is 12.3. The Balaban J connectivity index is 1.66. The van der Waals surface area contributed by atoms with Crippen LogP contribution >= 0.6 is 0 Å². The average molecular weight is 529 g/mol. The van der Waals surface area contributed by atoms with Gasteiger partial charge in [0.1, 0.15) is 5.82 Å². The van der Waals surface area contributed by atoms with Crippen LogP contribution < -0.4 is 10.9 Å². The minimum absolute atomic E-state index is 0.147. The zero-order chi connectivity index (χ0) is 27.1. The molecule has 1 aliphatic heterocycles. The van der Waals surface area contributed by atoms with E-state index in [1.165, 1.54) is 24.5 Å². The lowest BCUT2D eigenvalue weighted by molar-refractivity contribution is 0.557. The van der Waals surface area contributed by atoms with Gasteiger partial charge in [0.2, 0.25) is 5.56 Å². The maximum Gasteiger partial charge on any atom is 0.248 e. The molecule has 2 unspecified atom stereocenters. The Labute approximate surface area is 222 Å². The normalized spacial score (nSPS) is 18.4. The fraction of sp³-hybridized carbons (Fsp3) is 0.194. The van der Waals surface area contributed by atoms with Gasteiger partial charge in [-0.1, -0.05) is 55.5 Å². The Bertz CT molecular complexity index is 1700. The number of halogens is 1. The van der Waals surface area contributed by atoms with Crippen molar-refractivity contribution in [1.82, 2.24) is 10.3 Å². The fourth-order valence-corrected chi connectivity index (χ4v) is 6.11. The van der Waals surface area contributed by atoms with Gasteiger partial charge in [0, 0.05) is 17.9 Å². The van der Waals surface area contributed by atoms with Crippen molar-refractivity contribution in [1.29, 1.82) is 0 Å². The van der Waals surface area contributed by atoms with Crippen LogP contribution in [0.5, 0.6) is 0 Å². The third-order valence-corrected chi connectivity index (χ3v) is 9.75. The van der Waals surface area contributed by atoms with Gasteiger partial charge in [0.05, 0.1) is 16.5 Å². The highest BCUT2D eigenvalue weighted by atomic mass is 32.2. The molecule has 0 amide bonds. The summed E-state index contributed by atoms with van der Waals surface area (Å²) >= 11 is 0. The summed E-state index contributed by atoms with van der Waals surface area (Å²) in [6.45, 7) is 3.66. The molecule has 0 fully saturated rings. The van der Waals surface area contributed by atoms with E-state index in [0.717, 1.165) is 39.0 Å². The van der Waals surface area contributed by atoms with Gasteiger partial charge in [-0.3, -0.25) is 4.79 Å². The molecule has 0 saturated heterocycles. The molecule has 2 aliphatic rings. The largest absolute Gasteiger partial charge is 0.380 e. The lowest BCUT2D eigenvalue weighted by Crippen LogP contribution is -2.39. The number of aromatic nitrogens is 1. The smallest absolute Gasteiger partial charge is 0.248 e. The van der Waals surface area contributed by atoms with Gasteiger partial charge in [-0.25, -0.2) is 12.8 Å². The number of rotatable bonds is 6. The lowest BCUT2D eigenvalue weighted by atomic mass is 9.80. The van der Waals surface area contributed by atoms with Crippen molar-refractivity contribution in [3.05, 3.63) is 124 Å². The van der Waals surface area contributed by atoms with Crippen LogP contribution in [-0.4, -0.2) is 30.4 Å². The Morgan fingerprint density at radius 2 is 1.71 bits per heavy atom. The van der Waals surface area contributed by atoms with E-state index in [0.29, 0.717) is 12.1 Å². The molecule has 0 spiro atoms. The van der Waals surface area contributed by atoms with Crippen LogP contribution in [0.1, 0.15) is 25.8 Å². The summed E-state index contributed by atoms with van der Waals surface area (Å²) in [5.74, 6) is -0.333. The molecule has 0 radical (unpaired) electrons. The molecule has 0 bridgehead atoms. The predicted molar refractivity (Wildman–Crippen MR) is 152 cm³/mol. The number of pyridine rings is 1. The maximum atomic E-state index is 13.6. The van der Waals surface area contributed by atoms with Crippen LogP contribution in [0.3, 0.4) is 0 Å². The SMILES string of the molecule is CCC(C)(C1=CC2=CC=CNC2C(c2cccc(-c3[nH]c(=O)ccc3-c3ccc(F)cc3)c2)=C1)S(C)(=O)=O. The highest BCUT2D eigenvalue weighted by Gasteiger charge is 2.39. The molecule has 2 heterocycles. The molecule has 194 valence electrons. The Kier molecular flexibility index (Phi) is 6.57. The van der Waals surface area contributed by atoms with E-state index in [1.807, 2.05) is 61.7 Å². The quantitative estimate of drug-likeness (QED) is 0.424. The monoisotopic (exact) mass is 528 g/mol. The first kappa shape index (κ1) is 25.7. The van der Waals surface area contributed by atoms with Gasteiger partial charge in [-0.15, -0.1) is 0 Å². The Morgan fingerprint density at radius 3 is 2.42 bits per heavy atom.